The number of alkyl halides is 1. The Balaban J connectivity index is 1.29. The van der Waals surface area contributed by atoms with Crippen LogP contribution in [0.3, 0.4) is 0 Å². The molecule has 2 aliphatic rings. The maximum atomic E-state index is 14.3. The van der Waals surface area contributed by atoms with Gasteiger partial charge in [0.05, 0.1) is 24.3 Å². The molecule has 0 spiro atoms. The molecule has 0 radical (unpaired) electrons. The number of pyridine rings is 1. The van der Waals surface area contributed by atoms with Crippen LogP contribution in [0.4, 0.5) is 8.78 Å². The number of fused-ring (bicyclic) bond motifs is 1. The average Bonchev–Trinajstić information content (AvgIpc) is 3.28. The third-order valence-corrected chi connectivity index (χ3v) is 6.71. The quantitative estimate of drug-likeness (QED) is 0.574. The van der Waals surface area contributed by atoms with Crippen LogP contribution in [0.1, 0.15) is 41.2 Å². The minimum absolute atomic E-state index is 0.00976. The Morgan fingerprint density at radius 3 is 2.71 bits per heavy atom. The van der Waals surface area contributed by atoms with Crippen molar-refractivity contribution in [2.75, 3.05) is 6.54 Å². The fourth-order valence-electron chi connectivity index (χ4n) is 4.93. The minimum Gasteiger partial charge on any atom is -0.364 e. The molecule has 2 fully saturated rings. The van der Waals surface area contributed by atoms with Crippen molar-refractivity contribution in [1.82, 2.24) is 19.7 Å². The Kier molecular flexibility index (Phi) is 5.59. The van der Waals surface area contributed by atoms with E-state index in [-0.39, 0.29) is 55.1 Å². The molecule has 1 saturated heterocycles. The zero-order valence-corrected chi connectivity index (χ0v) is 18.2. The number of aromatic nitrogens is 3. The van der Waals surface area contributed by atoms with Gasteiger partial charge in [0.15, 0.2) is 11.5 Å². The Morgan fingerprint density at radius 1 is 1.15 bits per heavy atom. The van der Waals surface area contributed by atoms with Gasteiger partial charge in [-0.05, 0) is 36.0 Å². The van der Waals surface area contributed by atoms with Gasteiger partial charge < -0.3 is 10.6 Å². The molecule has 2 N–H and O–H groups in total. The molecule has 34 heavy (non-hydrogen) atoms. The van der Waals surface area contributed by atoms with Crippen molar-refractivity contribution in [3.05, 3.63) is 59.8 Å². The van der Waals surface area contributed by atoms with Crippen molar-refractivity contribution >= 4 is 28.5 Å². The Morgan fingerprint density at radius 2 is 1.94 bits per heavy atom. The van der Waals surface area contributed by atoms with Gasteiger partial charge in [-0.15, -0.1) is 0 Å². The number of hydrogen-bond donors (Lipinski definition) is 1. The number of nitrogens with zero attached hydrogens (tertiary/aromatic N) is 4. The van der Waals surface area contributed by atoms with Crippen LogP contribution in [0, 0.1) is 11.7 Å². The number of amides is 2. The topological polar surface area (TPSA) is 111 Å². The summed E-state index contributed by atoms with van der Waals surface area (Å²) in [5.74, 6) is -1.79. The third kappa shape index (κ3) is 4.04. The maximum Gasteiger partial charge on any atom is 0.269 e. The van der Waals surface area contributed by atoms with Crippen molar-refractivity contribution in [2.24, 2.45) is 11.7 Å². The number of hydrogen-bond acceptors (Lipinski definition) is 5. The van der Waals surface area contributed by atoms with Gasteiger partial charge in [0.1, 0.15) is 18.5 Å². The number of halogens is 2. The number of primary amides is 1. The minimum atomic E-state index is -1.31. The number of Topliss-reactive ketones (excluding diaryl/α,β-unsaturated/α-hetero) is 1. The molecule has 0 unspecified atom stereocenters. The fraction of sp³-hybridized carbons (Fsp3) is 0.375. The van der Waals surface area contributed by atoms with Crippen molar-refractivity contribution < 1.29 is 23.2 Å². The van der Waals surface area contributed by atoms with E-state index in [2.05, 4.69) is 10.1 Å². The van der Waals surface area contributed by atoms with Crippen molar-refractivity contribution in [3.8, 4) is 0 Å². The van der Waals surface area contributed by atoms with E-state index in [1.807, 2.05) is 0 Å². The number of benzene rings is 1. The average molecular weight is 467 g/mol. The van der Waals surface area contributed by atoms with Crippen LogP contribution >= 0.6 is 0 Å². The van der Waals surface area contributed by atoms with Gasteiger partial charge in [0.25, 0.3) is 5.91 Å². The summed E-state index contributed by atoms with van der Waals surface area (Å²) in [6.07, 6.45) is 2.43. The van der Waals surface area contributed by atoms with Gasteiger partial charge >= 0.3 is 0 Å². The number of likely N-dealkylation sites (tertiary alicyclic amines) is 1. The van der Waals surface area contributed by atoms with Gasteiger partial charge in [-0.3, -0.25) is 24.0 Å². The second-order valence-corrected chi connectivity index (χ2v) is 8.95. The van der Waals surface area contributed by atoms with Crippen LogP contribution in [0.2, 0.25) is 0 Å². The fourth-order valence-corrected chi connectivity index (χ4v) is 4.93. The monoisotopic (exact) mass is 467 g/mol. The zero-order chi connectivity index (χ0) is 24.0. The molecule has 5 rings (SSSR count). The van der Waals surface area contributed by atoms with Crippen LogP contribution in [0.15, 0.2) is 42.7 Å². The summed E-state index contributed by atoms with van der Waals surface area (Å²) in [7, 11) is 0. The Hall–Kier alpha value is -3.69. The second kappa shape index (κ2) is 8.58. The van der Waals surface area contributed by atoms with Gasteiger partial charge in [-0.2, -0.15) is 5.10 Å². The lowest BCUT2D eigenvalue weighted by atomic mass is 10.0. The highest BCUT2D eigenvalue weighted by Gasteiger charge is 2.45. The molecule has 10 heteroatoms. The van der Waals surface area contributed by atoms with Crippen LogP contribution < -0.4 is 5.73 Å². The van der Waals surface area contributed by atoms with E-state index in [1.165, 1.54) is 28.0 Å². The first-order valence-corrected chi connectivity index (χ1v) is 11.1. The first-order chi connectivity index (χ1) is 16.3. The summed E-state index contributed by atoms with van der Waals surface area (Å²) >= 11 is 0. The van der Waals surface area contributed by atoms with Crippen molar-refractivity contribution in [2.45, 2.75) is 43.9 Å². The first-order valence-electron chi connectivity index (χ1n) is 11.1. The van der Waals surface area contributed by atoms with Gasteiger partial charge in [0, 0.05) is 24.4 Å². The predicted octanol–water partition coefficient (Wildman–Crippen LogP) is 2.37. The highest BCUT2D eigenvalue weighted by Crippen LogP contribution is 2.50. The lowest BCUT2D eigenvalue weighted by Crippen LogP contribution is -2.42. The van der Waals surface area contributed by atoms with E-state index in [1.54, 1.807) is 24.3 Å². The smallest absolute Gasteiger partial charge is 0.269 e. The normalized spacial score (nSPS) is 23.9. The van der Waals surface area contributed by atoms with Crippen LogP contribution in [0.5, 0.6) is 0 Å². The van der Waals surface area contributed by atoms with Crippen molar-refractivity contribution in [1.29, 1.82) is 0 Å². The molecule has 0 bridgehead atoms. The van der Waals surface area contributed by atoms with Gasteiger partial charge in [0.2, 0.25) is 5.91 Å². The standard InChI is InChI=1S/C24H23F2N5O3/c25-14-9-19(21(32)8-13-7-17(13)15-3-1-2-4-18(15)26)30(11-14)22(33)12-31-20-10-28-6-5-16(20)23(29-31)24(27)34/h1-6,10,13-14,17,19H,7-9,11-12H2,(H2,27,34)/t13-,14+,17+,19-/m0/s1. The summed E-state index contributed by atoms with van der Waals surface area (Å²) in [4.78, 5) is 43.1. The number of carbonyl (C=O) groups excluding carboxylic acids is 3. The summed E-state index contributed by atoms with van der Waals surface area (Å²) in [6.45, 7) is -0.468. The molecule has 3 heterocycles. The first kappa shape index (κ1) is 22.1. The van der Waals surface area contributed by atoms with Crippen molar-refractivity contribution in [3.63, 3.8) is 0 Å². The zero-order valence-electron chi connectivity index (χ0n) is 18.2. The summed E-state index contributed by atoms with van der Waals surface area (Å²) in [6, 6.07) is 7.20. The maximum absolute atomic E-state index is 14.3. The van der Waals surface area contributed by atoms with Crippen LogP contribution in [-0.4, -0.2) is 56.0 Å². The molecule has 176 valence electrons. The highest BCUT2D eigenvalue weighted by molar-refractivity contribution is 6.04. The molecule has 1 aliphatic carbocycles. The molecule has 1 aliphatic heterocycles. The lowest BCUT2D eigenvalue weighted by Gasteiger charge is -2.23. The van der Waals surface area contributed by atoms with E-state index < -0.39 is 24.0 Å². The Bertz CT molecular complexity index is 1290. The number of rotatable bonds is 7. The number of nitrogens with two attached hydrogens (primary N) is 1. The third-order valence-electron chi connectivity index (χ3n) is 6.71. The van der Waals surface area contributed by atoms with Crippen LogP contribution in [0.25, 0.3) is 10.9 Å². The molecule has 1 saturated carbocycles. The molecular formula is C24H23F2N5O3. The SMILES string of the molecule is NC(=O)c1nn(CC(=O)N2C[C@H](F)C[C@H]2C(=O)C[C@@H]2C[C@H]2c2ccccc2F)c2cnccc12. The molecule has 3 aromatic rings. The largest absolute Gasteiger partial charge is 0.364 e. The molecule has 2 aromatic heterocycles. The van der Waals surface area contributed by atoms with E-state index >= 15 is 0 Å². The van der Waals surface area contributed by atoms with E-state index in [9.17, 15) is 23.2 Å². The van der Waals surface area contributed by atoms with E-state index in [0.29, 0.717) is 22.9 Å². The lowest BCUT2D eigenvalue weighted by molar-refractivity contribution is -0.138. The Labute approximate surface area is 193 Å². The number of carbonyl (C=O) groups is 3. The summed E-state index contributed by atoms with van der Waals surface area (Å²) in [5, 5.41) is 4.60. The number of ketones is 1. The predicted molar refractivity (Wildman–Crippen MR) is 118 cm³/mol. The molecule has 4 atom stereocenters. The molecular weight excluding hydrogens is 444 g/mol. The second-order valence-electron chi connectivity index (χ2n) is 8.95. The van der Waals surface area contributed by atoms with Crippen LogP contribution in [-0.2, 0) is 16.1 Å². The molecule has 8 nitrogen and oxygen atoms in total. The summed E-state index contributed by atoms with van der Waals surface area (Å²) in [5.41, 5.74) is 6.43. The molecule has 2 amide bonds. The highest BCUT2D eigenvalue weighted by atomic mass is 19.1. The van der Waals surface area contributed by atoms with Gasteiger partial charge in [-0.1, -0.05) is 18.2 Å². The summed E-state index contributed by atoms with van der Waals surface area (Å²) < 4.78 is 29.7. The molecule has 1 aromatic carbocycles. The van der Waals surface area contributed by atoms with Gasteiger partial charge in [-0.25, -0.2) is 8.78 Å². The van der Waals surface area contributed by atoms with E-state index in [0.717, 1.165) is 0 Å². The van der Waals surface area contributed by atoms with E-state index in [4.69, 9.17) is 5.73 Å².